The standard InChI is InChI=1S/C16H20N2OS/c1-3-11-7-9-12(10-8-11)18(2)16-17-15-13(19)5-4-6-14(15)20-16/h7-10,13,19H,3-6H2,1-2H3. The molecule has 3 nitrogen and oxygen atoms in total. The molecule has 1 aliphatic rings. The van der Waals surface area contributed by atoms with Crippen molar-refractivity contribution in [3.63, 3.8) is 0 Å². The van der Waals surface area contributed by atoms with Crippen LogP contribution >= 0.6 is 11.3 Å². The lowest BCUT2D eigenvalue weighted by Crippen LogP contribution is -2.10. The van der Waals surface area contributed by atoms with Crippen LogP contribution < -0.4 is 4.90 Å². The fraction of sp³-hybridized carbons (Fsp3) is 0.438. The maximum Gasteiger partial charge on any atom is 0.190 e. The molecule has 20 heavy (non-hydrogen) atoms. The smallest absolute Gasteiger partial charge is 0.190 e. The van der Waals surface area contributed by atoms with Gasteiger partial charge >= 0.3 is 0 Å². The molecule has 1 aliphatic carbocycles. The van der Waals surface area contributed by atoms with Gasteiger partial charge in [0.25, 0.3) is 0 Å². The molecule has 0 fully saturated rings. The lowest BCUT2D eigenvalue weighted by molar-refractivity contribution is 0.153. The van der Waals surface area contributed by atoms with Crippen molar-refractivity contribution in [3.05, 3.63) is 40.4 Å². The van der Waals surface area contributed by atoms with Crippen molar-refractivity contribution in [3.8, 4) is 0 Å². The van der Waals surface area contributed by atoms with Crippen molar-refractivity contribution in [2.75, 3.05) is 11.9 Å². The summed E-state index contributed by atoms with van der Waals surface area (Å²) in [5.74, 6) is 0. The van der Waals surface area contributed by atoms with Gasteiger partial charge in [-0.2, -0.15) is 0 Å². The molecule has 0 amide bonds. The van der Waals surface area contributed by atoms with Crippen LogP contribution in [0.1, 0.15) is 42.0 Å². The van der Waals surface area contributed by atoms with Crippen LogP contribution in [-0.4, -0.2) is 17.1 Å². The molecule has 1 unspecified atom stereocenters. The molecular weight excluding hydrogens is 268 g/mol. The predicted octanol–water partition coefficient (Wildman–Crippen LogP) is 3.84. The van der Waals surface area contributed by atoms with Gasteiger partial charge in [0.1, 0.15) is 0 Å². The van der Waals surface area contributed by atoms with Crippen molar-refractivity contribution in [1.82, 2.24) is 4.98 Å². The average Bonchev–Trinajstić information content (AvgIpc) is 2.92. The molecule has 1 heterocycles. The molecule has 1 aromatic carbocycles. The molecule has 0 spiro atoms. The Hall–Kier alpha value is -1.39. The van der Waals surface area contributed by atoms with E-state index in [1.807, 2.05) is 7.05 Å². The highest BCUT2D eigenvalue weighted by molar-refractivity contribution is 7.15. The summed E-state index contributed by atoms with van der Waals surface area (Å²) >= 11 is 1.71. The van der Waals surface area contributed by atoms with E-state index in [0.29, 0.717) is 0 Å². The summed E-state index contributed by atoms with van der Waals surface area (Å²) in [5, 5.41) is 11.0. The van der Waals surface area contributed by atoms with Crippen LogP contribution in [0.5, 0.6) is 0 Å². The van der Waals surface area contributed by atoms with Crippen LogP contribution in [0.2, 0.25) is 0 Å². The van der Waals surface area contributed by atoms with Gasteiger partial charge in [0.15, 0.2) is 5.13 Å². The van der Waals surface area contributed by atoms with Crippen LogP contribution in [0.25, 0.3) is 0 Å². The van der Waals surface area contributed by atoms with Crippen LogP contribution in [0, 0.1) is 0 Å². The molecule has 0 bridgehead atoms. The normalized spacial score (nSPS) is 17.9. The second kappa shape index (κ2) is 5.54. The summed E-state index contributed by atoms with van der Waals surface area (Å²) in [6.45, 7) is 2.16. The topological polar surface area (TPSA) is 36.4 Å². The Bertz CT molecular complexity index is 591. The van der Waals surface area contributed by atoms with Crippen LogP contribution in [0.3, 0.4) is 0 Å². The number of benzene rings is 1. The first kappa shape index (κ1) is 13.6. The molecule has 1 aromatic heterocycles. The van der Waals surface area contributed by atoms with Crippen LogP contribution in [0.4, 0.5) is 10.8 Å². The second-order valence-corrected chi connectivity index (χ2v) is 6.35. The minimum absolute atomic E-state index is 0.375. The average molecular weight is 288 g/mol. The van der Waals surface area contributed by atoms with Gasteiger partial charge in [0, 0.05) is 17.6 Å². The van der Waals surface area contributed by atoms with Gasteiger partial charge in [-0.3, -0.25) is 0 Å². The number of thiazole rings is 1. The zero-order valence-corrected chi connectivity index (χ0v) is 12.8. The molecule has 3 rings (SSSR count). The fourth-order valence-electron chi connectivity index (χ4n) is 2.59. The van der Waals surface area contributed by atoms with Crippen LogP contribution in [-0.2, 0) is 12.8 Å². The third-order valence-electron chi connectivity index (χ3n) is 3.93. The minimum atomic E-state index is -0.375. The van der Waals surface area contributed by atoms with Gasteiger partial charge in [-0.05, 0) is 43.4 Å². The monoisotopic (exact) mass is 288 g/mol. The number of rotatable bonds is 3. The number of aliphatic hydroxyl groups excluding tert-OH is 1. The second-order valence-electron chi connectivity index (χ2n) is 5.29. The number of nitrogens with zero attached hydrogens (tertiary/aromatic N) is 2. The highest BCUT2D eigenvalue weighted by Gasteiger charge is 2.24. The van der Waals surface area contributed by atoms with E-state index in [2.05, 4.69) is 41.1 Å². The predicted molar refractivity (Wildman–Crippen MR) is 83.9 cm³/mol. The van der Waals surface area contributed by atoms with E-state index in [4.69, 9.17) is 0 Å². The van der Waals surface area contributed by atoms with E-state index in [0.717, 1.165) is 42.2 Å². The Morgan fingerprint density at radius 3 is 2.75 bits per heavy atom. The summed E-state index contributed by atoms with van der Waals surface area (Å²) < 4.78 is 0. The molecule has 0 saturated heterocycles. The molecule has 0 aliphatic heterocycles. The number of aryl methyl sites for hydroxylation is 2. The number of aliphatic hydroxyl groups is 1. The summed E-state index contributed by atoms with van der Waals surface area (Å²) in [6, 6.07) is 8.59. The third-order valence-corrected chi connectivity index (χ3v) is 5.14. The number of hydrogen-bond donors (Lipinski definition) is 1. The van der Waals surface area contributed by atoms with Crippen molar-refractivity contribution in [1.29, 1.82) is 0 Å². The first-order valence-corrected chi connectivity index (χ1v) is 8.01. The molecule has 0 saturated carbocycles. The Balaban J connectivity index is 1.88. The van der Waals surface area contributed by atoms with E-state index >= 15 is 0 Å². The van der Waals surface area contributed by atoms with Gasteiger partial charge in [0.2, 0.25) is 0 Å². The number of anilines is 2. The molecule has 1 atom stereocenters. The lowest BCUT2D eigenvalue weighted by Gasteiger charge is -2.16. The quantitative estimate of drug-likeness (QED) is 0.932. The SMILES string of the molecule is CCc1ccc(N(C)c2nc3c(s2)CCCC3O)cc1. The number of hydrogen-bond acceptors (Lipinski definition) is 4. The van der Waals surface area contributed by atoms with E-state index in [1.165, 1.54) is 10.4 Å². The van der Waals surface area contributed by atoms with Crippen molar-refractivity contribution >= 4 is 22.2 Å². The first-order chi connectivity index (χ1) is 9.69. The molecule has 2 aromatic rings. The van der Waals surface area contributed by atoms with Crippen molar-refractivity contribution in [2.24, 2.45) is 0 Å². The first-order valence-electron chi connectivity index (χ1n) is 7.19. The zero-order chi connectivity index (χ0) is 14.1. The van der Waals surface area contributed by atoms with Gasteiger partial charge < -0.3 is 10.0 Å². The van der Waals surface area contributed by atoms with Crippen LogP contribution in [0.15, 0.2) is 24.3 Å². The maximum atomic E-state index is 10.0. The summed E-state index contributed by atoms with van der Waals surface area (Å²) in [5.41, 5.74) is 3.38. The van der Waals surface area contributed by atoms with E-state index in [1.54, 1.807) is 11.3 Å². The Morgan fingerprint density at radius 1 is 1.35 bits per heavy atom. The fourth-order valence-corrected chi connectivity index (χ4v) is 3.73. The largest absolute Gasteiger partial charge is 0.387 e. The van der Waals surface area contributed by atoms with Crippen molar-refractivity contribution in [2.45, 2.75) is 38.7 Å². The van der Waals surface area contributed by atoms with E-state index < -0.39 is 0 Å². The van der Waals surface area contributed by atoms with Gasteiger partial charge in [-0.1, -0.05) is 19.1 Å². The Kier molecular flexibility index (Phi) is 3.76. The molecule has 1 N–H and O–H groups in total. The summed E-state index contributed by atoms with van der Waals surface area (Å²) in [6.07, 6.45) is 3.63. The van der Waals surface area contributed by atoms with E-state index in [-0.39, 0.29) is 6.10 Å². The number of fused-ring (bicyclic) bond motifs is 1. The Morgan fingerprint density at radius 2 is 2.10 bits per heavy atom. The molecule has 0 radical (unpaired) electrons. The summed E-state index contributed by atoms with van der Waals surface area (Å²) in [4.78, 5) is 8.00. The number of aromatic nitrogens is 1. The highest BCUT2D eigenvalue weighted by atomic mass is 32.1. The summed E-state index contributed by atoms with van der Waals surface area (Å²) in [7, 11) is 2.04. The van der Waals surface area contributed by atoms with Gasteiger partial charge in [-0.25, -0.2) is 4.98 Å². The van der Waals surface area contributed by atoms with E-state index in [9.17, 15) is 5.11 Å². The highest BCUT2D eigenvalue weighted by Crippen LogP contribution is 2.38. The molecular formula is C16H20N2OS. The Labute approximate surface area is 123 Å². The third kappa shape index (κ3) is 2.45. The van der Waals surface area contributed by atoms with Crippen molar-refractivity contribution < 1.29 is 5.11 Å². The molecule has 106 valence electrons. The lowest BCUT2D eigenvalue weighted by atomic mass is 10.0. The minimum Gasteiger partial charge on any atom is -0.387 e. The van der Waals surface area contributed by atoms with Gasteiger partial charge in [-0.15, -0.1) is 11.3 Å². The van der Waals surface area contributed by atoms with Gasteiger partial charge in [0.05, 0.1) is 11.8 Å². The maximum absolute atomic E-state index is 10.0. The molecule has 4 heteroatoms. The zero-order valence-electron chi connectivity index (χ0n) is 12.0.